The van der Waals surface area contributed by atoms with E-state index < -0.39 is 15.3 Å². The van der Waals surface area contributed by atoms with E-state index in [0.717, 1.165) is 22.0 Å². The first-order chi connectivity index (χ1) is 14.2. The van der Waals surface area contributed by atoms with Gasteiger partial charge in [-0.05, 0) is 47.2 Å². The number of sulfonamides is 1. The number of nitrogens with zero attached hydrogens (tertiary/aromatic N) is 1. The molecule has 30 heavy (non-hydrogen) atoms. The lowest BCUT2D eigenvalue weighted by molar-refractivity contribution is 0.115. The van der Waals surface area contributed by atoms with Crippen LogP contribution in [-0.2, 0) is 16.6 Å². The smallest absolute Gasteiger partial charge is 0.361 e. The van der Waals surface area contributed by atoms with Crippen molar-refractivity contribution < 1.29 is 21.9 Å². The van der Waals surface area contributed by atoms with Gasteiger partial charge in [0.05, 0.1) is 11.2 Å². The highest BCUT2D eigenvalue weighted by Gasteiger charge is 2.39. The van der Waals surface area contributed by atoms with E-state index in [1.165, 1.54) is 12.1 Å². The minimum Gasteiger partial charge on any atom is -0.487 e. The Morgan fingerprint density at radius 1 is 0.933 bits per heavy atom. The molecule has 0 radical (unpaired) electrons. The zero-order chi connectivity index (χ0) is 21.4. The Hall–Kier alpha value is -3.26. The van der Waals surface area contributed by atoms with Gasteiger partial charge in [-0.3, -0.25) is 4.72 Å². The number of fused-ring (bicyclic) bond motifs is 2. The van der Waals surface area contributed by atoms with Crippen LogP contribution < -0.4 is 9.46 Å². The Morgan fingerprint density at radius 2 is 1.67 bits per heavy atom. The highest BCUT2D eigenvalue weighted by molar-refractivity contribution is 7.93. The second-order valence-electron chi connectivity index (χ2n) is 6.92. The van der Waals surface area contributed by atoms with Gasteiger partial charge in [-0.15, -0.1) is 0 Å². The third kappa shape index (κ3) is 4.18. The third-order valence-electron chi connectivity index (χ3n) is 4.58. The summed E-state index contributed by atoms with van der Waals surface area (Å²) in [5, 5.41) is -1.38. The first-order valence-electron chi connectivity index (χ1n) is 9.13. The molecule has 154 valence electrons. The normalized spacial score (nSPS) is 12.2. The van der Waals surface area contributed by atoms with Crippen molar-refractivity contribution in [3.05, 3.63) is 78.5 Å². The quantitative estimate of drug-likeness (QED) is 0.451. The highest BCUT2D eigenvalue weighted by Crippen LogP contribution is 2.28. The predicted molar refractivity (Wildman–Crippen MR) is 113 cm³/mol. The fourth-order valence-corrected chi connectivity index (χ4v) is 3.59. The Labute approximate surface area is 172 Å². The molecule has 1 N–H and O–H groups in total. The van der Waals surface area contributed by atoms with E-state index in [9.17, 15) is 17.2 Å². The summed E-state index contributed by atoms with van der Waals surface area (Å²) in [6.07, 6.45) is 0. The summed E-state index contributed by atoms with van der Waals surface area (Å²) in [4.78, 5) is 4.56. The van der Waals surface area contributed by atoms with Crippen LogP contribution in [0.5, 0.6) is 5.75 Å². The lowest BCUT2D eigenvalue weighted by atomic mass is 10.1. The summed E-state index contributed by atoms with van der Waals surface area (Å²) < 4.78 is 57.6. The molecule has 0 aliphatic heterocycles. The predicted octanol–water partition coefficient (Wildman–Crippen LogP) is 5.32. The van der Waals surface area contributed by atoms with E-state index in [-0.39, 0.29) is 12.3 Å². The van der Waals surface area contributed by atoms with Gasteiger partial charge in [0.1, 0.15) is 12.4 Å². The van der Waals surface area contributed by atoms with Gasteiger partial charge in [0.2, 0.25) is 0 Å². The fraction of sp³-hybridized carbons (Fsp3) is 0.136. The molecule has 0 atom stereocenters. The van der Waals surface area contributed by atoms with Gasteiger partial charge in [0, 0.05) is 18.0 Å². The van der Waals surface area contributed by atoms with Gasteiger partial charge in [0.15, 0.2) is 0 Å². The van der Waals surface area contributed by atoms with Crippen LogP contribution in [0.3, 0.4) is 0 Å². The van der Waals surface area contributed by atoms with Crippen molar-refractivity contribution in [2.24, 2.45) is 0 Å². The average Bonchev–Trinajstić information content (AvgIpc) is 2.70. The number of rotatable bonds is 6. The van der Waals surface area contributed by atoms with E-state index in [2.05, 4.69) is 4.98 Å². The first-order valence-corrected chi connectivity index (χ1v) is 10.6. The van der Waals surface area contributed by atoms with Crippen molar-refractivity contribution in [1.82, 2.24) is 4.98 Å². The SMILES string of the molecule is CC(F)(F)S(=O)(=O)Nc1ccc2ccc(OCc3ccc4ccccc4n3)cc2c1. The summed E-state index contributed by atoms with van der Waals surface area (Å²) in [5.74, 6) is 0.554. The van der Waals surface area contributed by atoms with Crippen LogP contribution in [-0.4, -0.2) is 18.7 Å². The standard InChI is InChI=1S/C22H18F2N2O3S/c1-22(23,24)30(27,28)26-18-9-6-15-8-11-20(13-17(15)12-18)29-14-19-10-7-16-4-2-3-5-21(16)25-19/h2-13,26H,14H2,1H3. The molecule has 0 saturated heterocycles. The molecule has 0 bridgehead atoms. The maximum atomic E-state index is 13.2. The Balaban J connectivity index is 1.54. The number of pyridine rings is 1. The maximum Gasteiger partial charge on any atom is 0.361 e. The number of para-hydroxylation sites is 1. The molecular weight excluding hydrogens is 410 g/mol. The van der Waals surface area contributed by atoms with Crippen molar-refractivity contribution in [3.8, 4) is 5.75 Å². The molecule has 1 aromatic heterocycles. The summed E-state index contributed by atoms with van der Waals surface area (Å²) in [6, 6.07) is 21.5. The molecule has 8 heteroatoms. The van der Waals surface area contributed by atoms with Crippen LogP contribution in [0, 0.1) is 0 Å². The summed E-state index contributed by atoms with van der Waals surface area (Å²) >= 11 is 0. The molecule has 0 spiro atoms. The molecule has 4 rings (SSSR count). The van der Waals surface area contributed by atoms with Crippen LogP contribution in [0.4, 0.5) is 14.5 Å². The van der Waals surface area contributed by atoms with Crippen molar-refractivity contribution in [2.45, 2.75) is 18.8 Å². The minimum absolute atomic E-state index is 0.0531. The molecule has 0 unspecified atom stereocenters. The number of nitrogens with one attached hydrogen (secondary N) is 1. The Kier molecular flexibility index (Phi) is 5.03. The number of alkyl halides is 2. The third-order valence-corrected chi connectivity index (χ3v) is 6.03. The first kappa shape index (κ1) is 20.0. The van der Waals surface area contributed by atoms with Crippen LogP contribution in [0.1, 0.15) is 12.6 Å². The molecule has 5 nitrogen and oxygen atoms in total. The molecular formula is C22H18F2N2O3S. The van der Waals surface area contributed by atoms with E-state index in [4.69, 9.17) is 4.74 Å². The van der Waals surface area contributed by atoms with Gasteiger partial charge in [-0.25, -0.2) is 13.4 Å². The van der Waals surface area contributed by atoms with Gasteiger partial charge in [0.25, 0.3) is 10.0 Å². The van der Waals surface area contributed by atoms with Crippen molar-refractivity contribution in [2.75, 3.05) is 4.72 Å². The molecule has 0 aliphatic carbocycles. The molecule has 1 heterocycles. The van der Waals surface area contributed by atoms with Crippen LogP contribution >= 0.6 is 0 Å². The van der Waals surface area contributed by atoms with E-state index in [0.29, 0.717) is 18.1 Å². The van der Waals surface area contributed by atoms with Crippen LogP contribution in [0.2, 0.25) is 0 Å². The molecule has 0 amide bonds. The lowest BCUT2D eigenvalue weighted by Gasteiger charge is -2.14. The molecule has 4 aromatic rings. The topological polar surface area (TPSA) is 68.3 Å². The van der Waals surface area contributed by atoms with E-state index in [1.807, 2.05) is 47.2 Å². The monoisotopic (exact) mass is 428 g/mol. The summed E-state index contributed by atoms with van der Waals surface area (Å²) in [6.45, 7) is 0.591. The lowest BCUT2D eigenvalue weighted by Crippen LogP contribution is -2.31. The van der Waals surface area contributed by atoms with E-state index >= 15 is 0 Å². The molecule has 0 fully saturated rings. The maximum absolute atomic E-state index is 13.2. The van der Waals surface area contributed by atoms with Crippen LogP contribution in [0.25, 0.3) is 21.7 Å². The summed E-state index contributed by atoms with van der Waals surface area (Å²) in [5.41, 5.74) is 1.69. The number of halogens is 2. The van der Waals surface area contributed by atoms with Crippen molar-refractivity contribution in [3.63, 3.8) is 0 Å². The minimum atomic E-state index is -4.82. The van der Waals surface area contributed by atoms with Gasteiger partial charge in [-0.2, -0.15) is 8.78 Å². The molecule has 0 saturated carbocycles. The van der Waals surface area contributed by atoms with Gasteiger partial charge < -0.3 is 4.74 Å². The fourth-order valence-electron chi connectivity index (χ4n) is 2.97. The highest BCUT2D eigenvalue weighted by atomic mass is 32.2. The zero-order valence-corrected chi connectivity index (χ0v) is 16.8. The molecule has 0 aliphatic rings. The number of hydrogen-bond acceptors (Lipinski definition) is 4. The Bertz CT molecular complexity index is 1340. The van der Waals surface area contributed by atoms with Crippen LogP contribution in [0.15, 0.2) is 72.8 Å². The zero-order valence-electron chi connectivity index (χ0n) is 16.0. The van der Waals surface area contributed by atoms with Gasteiger partial charge >= 0.3 is 5.25 Å². The molecule has 3 aromatic carbocycles. The number of ether oxygens (including phenoxy) is 1. The number of hydrogen-bond donors (Lipinski definition) is 1. The number of anilines is 1. The van der Waals surface area contributed by atoms with Crippen molar-refractivity contribution in [1.29, 1.82) is 0 Å². The number of benzene rings is 3. The van der Waals surface area contributed by atoms with E-state index in [1.54, 1.807) is 18.2 Å². The van der Waals surface area contributed by atoms with Crippen molar-refractivity contribution >= 4 is 37.4 Å². The Morgan fingerprint density at radius 3 is 2.47 bits per heavy atom. The van der Waals surface area contributed by atoms with Gasteiger partial charge in [-0.1, -0.05) is 36.4 Å². The number of aromatic nitrogens is 1. The second-order valence-corrected chi connectivity index (χ2v) is 8.85. The average molecular weight is 428 g/mol. The second kappa shape index (κ2) is 7.53. The summed E-state index contributed by atoms with van der Waals surface area (Å²) in [7, 11) is -4.82. The largest absolute Gasteiger partial charge is 0.487 e.